The maximum atomic E-state index is 5.62. The van der Waals surface area contributed by atoms with Crippen molar-refractivity contribution in [2.45, 2.75) is 31.8 Å². The zero-order chi connectivity index (χ0) is 11.9. The first kappa shape index (κ1) is 12.3. The lowest BCUT2D eigenvalue weighted by molar-refractivity contribution is 0.172. The van der Waals surface area contributed by atoms with Crippen LogP contribution >= 0.6 is 0 Å². The summed E-state index contributed by atoms with van der Waals surface area (Å²) in [6.45, 7) is 2.26. The van der Waals surface area contributed by atoms with Crippen molar-refractivity contribution in [3.63, 3.8) is 0 Å². The van der Waals surface area contributed by atoms with Crippen LogP contribution in [0.3, 0.4) is 0 Å². The molecule has 0 aromatic carbocycles. The molecular formula is C13H20N2O2. The molecule has 1 aromatic heterocycles. The summed E-state index contributed by atoms with van der Waals surface area (Å²) in [5.74, 6) is 0.892. The van der Waals surface area contributed by atoms with E-state index < -0.39 is 0 Å². The van der Waals surface area contributed by atoms with Gasteiger partial charge in [-0.3, -0.25) is 4.98 Å². The minimum absolute atomic E-state index is 0.688. The quantitative estimate of drug-likeness (QED) is 0.698. The molecule has 94 valence electrons. The predicted molar refractivity (Wildman–Crippen MR) is 66.1 cm³/mol. The van der Waals surface area contributed by atoms with Gasteiger partial charge in [0, 0.05) is 45.0 Å². The molecule has 1 fully saturated rings. The smallest absolute Gasteiger partial charge is 0.122 e. The van der Waals surface area contributed by atoms with E-state index in [2.05, 4.69) is 10.3 Å². The molecule has 0 unspecified atom stereocenters. The van der Waals surface area contributed by atoms with Gasteiger partial charge in [0.1, 0.15) is 5.75 Å². The van der Waals surface area contributed by atoms with Crippen LogP contribution in [0.25, 0.3) is 0 Å². The first-order chi connectivity index (χ1) is 8.38. The van der Waals surface area contributed by atoms with Crippen molar-refractivity contribution >= 4 is 0 Å². The molecule has 4 nitrogen and oxygen atoms in total. The summed E-state index contributed by atoms with van der Waals surface area (Å²) in [5, 5.41) is 3.44. The lowest BCUT2D eigenvalue weighted by atomic mass is 10.3. The molecule has 1 aromatic rings. The van der Waals surface area contributed by atoms with E-state index in [9.17, 15) is 0 Å². The topological polar surface area (TPSA) is 43.4 Å². The summed E-state index contributed by atoms with van der Waals surface area (Å²) >= 11 is 0. The summed E-state index contributed by atoms with van der Waals surface area (Å²) in [5.41, 5.74) is 1.04. The number of rotatable bonds is 8. The number of ether oxygens (including phenoxy) is 2. The monoisotopic (exact) mass is 236 g/mol. The average Bonchev–Trinajstić information content (AvgIpc) is 3.17. The normalized spacial score (nSPS) is 14.9. The largest absolute Gasteiger partial charge is 0.493 e. The Morgan fingerprint density at radius 2 is 2.29 bits per heavy atom. The van der Waals surface area contributed by atoms with Crippen LogP contribution in [0.1, 0.15) is 25.0 Å². The second-order valence-corrected chi connectivity index (χ2v) is 4.33. The van der Waals surface area contributed by atoms with Crippen LogP contribution < -0.4 is 10.1 Å². The molecule has 0 atom stereocenters. The molecule has 0 radical (unpaired) electrons. The summed E-state index contributed by atoms with van der Waals surface area (Å²) in [4.78, 5) is 4.32. The molecular weight excluding hydrogens is 216 g/mol. The molecule has 2 rings (SSSR count). The Morgan fingerprint density at radius 1 is 1.41 bits per heavy atom. The van der Waals surface area contributed by atoms with Gasteiger partial charge in [0.25, 0.3) is 0 Å². The fourth-order valence-electron chi connectivity index (χ4n) is 1.57. The highest BCUT2D eigenvalue weighted by Gasteiger charge is 2.20. The van der Waals surface area contributed by atoms with E-state index in [1.807, 2.05) is 12.1 Å². The molecule has 1 aliphatic carbocycles. The van der Waals surface area contributed by atoms with E-state index in [0.29, 0.717) is 12.6 Å². The Kier molecular flexibility index (Phi) is 4.76. The van der Waals surface area contributed by atoms with Crippen molar-refractivity contribution in [1.29, 1.82) is 0 Å². The average molecular weight is 236 g/mol. The zero-order valence-corrected chi connectivity index (χ0v) is 10.3. The Labute approximate surface area is 102 Å². The molecule has 1 aliphatic rings. The van der Waals surface area contributed by atoms with Crippen molar-refractivity contribution in [3.05, 3.63) is 24.0 Å². The van der Waals surface area contributed by atoms with Crippen molar-refractivity contribution in [2.75, 3.05) is 20.3 Å². The van der Waals surface area contributed by atoms with Crippen molar-refractivity contribution in [1.82, 2.24) is 10.3 Å². The summed E-state index contributed by atoms with van der Waals surface area (Å²) in [7, 11) is 1.70. The van der Waals surface area contributed by atoms with Gasteiger partial charge in [0.2, 0.25) is 0 Å². The minimum atomic E-state index is 0.688. The fraction of sp³-hybridized carbons (Fsp3) is 0.615. The summed E-state index contributed by atoms with van der Waals surface area (Å²) < 4.78 is 10.6. The number of methoxy groups -OCH3 is 1. The van der Waals surface area contributed by atoms with Crippen LogP contribution in [0.2, 0.25) is 0 Å². The van der Waals surface area contributed by atoms with Crippen LogP contribution in [0.15, 0.2) is 18.3 Å². The lowest BCUT2D eigenvalue weighted by Crippen LogP contribution is -2.16. The molecule has 0 aliphatic heterocycles. The SMILES string of the molecule is COCCCOc1ccnc(CNC2CC2)c1. The molecule has 1 N–H and O–H groups in total. The standard InChI is InChI=1S/C13H20N2O2/c1-16-7-2-8-17-13-5-6-14-12(9-13)10-15-11-3-4-11/h5-6,9,11,15H,2-4,7-8,10H2,1H3. The van der Waals surface area contributed by atoms with Gasteiger partial charge >= 0.3 is 0 Å². The molecule has 0 amide bonds. The molecule has 0 bridgehead atoms. The second-order valence-electron chi connectivity index (χ2n) is 4.33. The van der Waals surface area contributed by atoms with Gasteiger partial charge in [-0.2, -0.15) is 0 Å². The third-order valence-electron chi connectivity index (χ3n) is 2.70. The second kappa shape index (κ2) is 6.57. The summed E-state index contributed by atoms with van der Waals surface area (Å²) in [6.07, 6.45) is 5.31. The Hall–Kier alpha value is -1.13. The number of nitrogens with one attached hydrogen (secondary N) is 1. The van der Waals surface area contributed by atoms with Crippen LogP contribution in [-0.2, 0) is 11.3 Å². The molecule has 0 spiro atoms. The van der Waals surface area contributed by atoms with Gasteiger partial charge in [-0.05, 0) is 18.9 Å². The lowest BCUT2D eigenvalue weighted by Gasteiger charge is -2.07. The Bertz CT molecular complexity index is 340. The number of aromatic nitrogens is 1. The fourth-order valence-corrected chi connectivity index (χ4v) is 1.57. The third kappa shape index (κ3) is 4.71. The maximum Gasteiger partial charge on any atom is 0.122 e. The van der Waals surface area contributed by atoms with Gasteiger partial charge in [0.15, 0.2) is 0 Å². The van der Waals surface area contributed by atoms with Gasteiger partial charge in [-0.25, -0.2) is 0 Å². The predicted octanol–water partition coefficient (Wildman–Crippen LogP) is 1.75. The number of pyridine rings is 1. The molecule has 1 heterocycles. The van der Waals surface area contributed by atoms with Gasteiger partial charge < -0.3 is 14.8 Å². The highest BCUT2D eigenvalue weighted by molar-refractivity contribution is 5.22. The molecule has 4 heteroatoms. The van der Waals surface area contributed by atoms with Crippen LogP contribution in [0.5, 0.6) is 5.75 Å². The van der Waals surface area contributed by atoms with Crippen LogP contribution in [0, 0.1) is 0 Å². The maximum absolute atomic E-state index is 5.62. The highest BCUT2D eigenvalue weighted by Crippen LogP contribution is 2.19. The van der Waals surface area contributed by atoms with Crippen LogP contribution in [0.4, 0.5) is 0 Å². The van der Waals surface area contributed by atoms with Gasteiger partial charge in [-0.15, -0.1) is 0 Å². The van der Waals surface area contributed by atoms with Crippen molar-refractivity contribution in [3.8, 4) is 5.75 Å². The van der Waals surface area contributed by atoms with Crippen molar-refractivity contribution in [2.24, 2.45) is 0 Å². The highest BCUT2D eigenvalue weighted by atomic mass is 16.5. The van der Waals surface area contributed by atoms with E-state index in [0.717, 1.165) is 31.0 Å². The zero-order valence-electron chi connectivity index (χ0n) is 10.3. The van der Waals surface area contributed by atoms with Crippen molar-refractivity contribution < 1.29 is 9.47 Å². The van der Waals surface area contributed by atoms with Crippen LogP contribution in [-0.4, -0.2) is 31.3 Å². The number of nitrogens with zero attached hydrogens (tertiary/aromatic N) is 1. The Balaban J connectivity index is 1.74. The van der Waals surface area contributed by atoms with Gasteiger partial charge in [0.05, 0.1) is 12.3 Å². The summed E-state index contributed by atoms with van der Waals surface area (Å²) in [6, 6.07) is 4.61. The van der Waals surface area contributed by atoms with Gasteiger partial charge in [-0.1, -0.05) is 0 Å². The third-order valence-corrected chi connectivity index (χ3v) is 2.70. The first-order valence-electron chi connectivity index (χ1n) is 6.18. The van der Waals surface area contributed by atoms with E-state index in [-0.39, 0.29) is 0 Å². The van der Waals surface area contributed by atoms with E-state index >= 15 is 0 Å². The van der Waals surface area contributed by atoms with E-state index in [1.165, 1.54) is 12.8 Å². The number of hydrogen-bond acceptors (Lipinski definition) is 4. The molecule has 1 saturated carbocycles. The van der Waals surface area contributed by atoms with E-state index in [1.54, 1.807) is 13.3 Å². The minimum Gasteiger partial charge on any atom is -0.493 e. The van der Waals surface area contributed by atoms with E-state index in [4.69, 9.17) is 9.47 Å². The number of hydrogen-bond donors (Lipinski definition) is 1. The Morgan fingerprint density at radius 3 is 3.06 bits per heavy atom. The molecule has 17 heavy (non-hydrogen) atoms. The molecule has 0 saturated heterocycles. The first-order valence-corrected chi connectivity index (χ1v) is 6.18.